The van der Waals surface area contributed by atoms with E-state index in [-0.39, 0.29) is 49.1 Å². The van der Waals surface area contributed by atoms with Gasteiger partial charge in [-0.3, -0.25) is 19.1 Å². The fraction of sp³-hybridized carbons (Fsp3) is 0.634. The zero-order valence-electron chi connectivity index (χ0n) is 32.5. The predicted octanol–water partition coefficient (Wildman–Crippen LogP) is 4.71. The molecule has 0 unspecified atom stereocenters. The number of ketones is 1. The van der Waals surface area contributed by atoms with Crippen LogP contribution in [0.5, 0.6) is 17.4 Å². The molecule has 5 fully saturated rings. The van der Waals surface area contributed by atoms with Gasteiger partial charge in [-0.25, -0.2) is 18.2 Å². The number of methoxy groups -OCH3 is 1. The summed E-state index contributed by atoms with van der Waals surface area (Å²) in [7, 11) is -2.34. The van der Waals surface area contributed by atoms with Gasteiger partial charge in [0.1, 0.15) is 29.7 Å². The molecule has 4 heterocycles. The topological polar surface area (TPSA) is 174 Å². The van der Waals surface area contributed by atoms with E-state index in [4.69, 9.17) is 19.2 Å². The van der Waals surface area contributed by atoms with Gasteiger partial charge in [0.05, 0.1) is 35.4 Å². The summed E-state index contributed by atoms with van der Waals surface area (Å²) in [5.41, 5.74) is 0.218. The van der Waals surface area contributed by atoms with Crippen LogP contribution in [0.2, 0.25) is 0 Å². The average molecular weight is 792 g/mol. The summed E-state index contributed by atoms with van der Waals surface area (Å²) in [4.78, 5) is 64.5. The van der Waals surface area contributed by atoms with E-state index >= 15 is 0 Å². The Hall–Kier alpha value is -4.40. The standard InChI is InChI=1S/C41H53N5O9S/c1-25-33(53-3)15-14-29-34(21-35(43-36(25)29)55-27-12-13-27)54-28-20-31-32(47)23-41(38(49)44-56(51,52)40(2)16-17-40)22-26(41)10-7-5-4-6-8-11-30(37(48)46(31)24-28)42-39(50)45-18-9-19-45/h7,10,14-15,21,26-28,30-31H,4-6,8-9,11-13,16-20,22-24H2,1-3H3,(H,42,50)(H,44,49)/b10-7-/t26-,28+,30-,31-,41+/m0/s1. The van der Waals surface area contributed by atoms with Crippen LogP contribution in [0.25, 0.3) is 10.9 Å². The van der Waals surface area contributed by atoms with Crippen molar-refractivity contribution >= 4 is 44.6 Å². The minimum Gasteiger partial charge on any atom is -0.496 e. The minimum atomic E-state index is -3.94. The molecular weight excluding hydrogens is 739 g/mol. The molecule has 2 aromatic rings. The highest BCUT2D eigenvalue weighted by molar-refractivity contribution is 7.91. The molecule has 0 radical (unpaired) electrons. The van der Waals surface area contributed by atoms with Crippen molar-refractivity contribution in [3.63, 3.8) is 0 Å². The smallest absolute Gasteiger partial charge is 0.318 e. The quantitative estimate of drug-likeness (QED) is 0.339. The lowest BCUT2D eigenvalue weighted by molar-refractivity contribution is -0.140. The van der Waals surface area contributed by atoms with Gasteiger partial charge in [-0.1, -0.05) is 25.0 Å². The maximum atomic E-state index is 14.7. The Labute approximate surface area is 328 Å². The second kappa shape index (κ2) is 14.8. The van der Waals surface area contributed by atoms with Crippen LogP contribution in [-0.2, 0) is 24.4 Å². The molecule has 3 aliphatic heterocycles. The van der Waals surface area contributed by atoms with Crippen LogP contribution < -0.4 is 24.2 Å². The van der Waals surface area contributed by atoms with E-state index < -0.39 is 44.3 Å². The number of allylic oxidation sites excluding steroid dienone is 2. The van der Waals surface area contributed by atoms with Crippen LogP contribution >= 0.6 is 0 Å². The van der Waals surface area contributed by atoms with Crippen LogP contribution in [0.15, 0.2) is 30.4 Å². The monoisotopic (exact) mass is 791 g/mol. The number of pyridine rings is 1. The Morgan fingerprint density at radius 2 is 1.77 bits per heavy atom. The van der Waals surface area contributed by atoms with Crippen molar-refractivity contribution in [3.8, 4) is 17.4 Å². The second-order valence-electron chi connectivity index (χ2n) is 17.0. The molecule has 8 rings (SSSR count). The van der Waals surface area contributed by atoms with Crippen molar-refractivity contribution in [2.24, 2.45) is 11.3 Å². The predicted molar refractivity (Wildman–Crippen MR) is 207 cm³/mol. The number of benzene rings is 1. The van der Waals surface area contributed by atoms with Gasteiger partial charge >= 0.3 is 6.03 Å². The number of likely N-dealkylation sites (tertiary alicyclic amines) is 1. The van der Waals surface area contributed by atoms with Gasteiger partial charge in [-0.15, -0.1) is 0 Å². The maximum absolute atomic E-state index is 14.7. The van der Waals surface area contributed by atoms with Gasteiger partial charge in [0.25, 0.3) is 0 Å². The molecular formula is C41H53N5O9S. The Morgan fingerprint density at radius 1 is 0.982 bits per heavy atom. The van der Waals surface area contributed by atoms with Crippen LogP contribution in [0.1, 0.15) is 96.0 Å². The van der Waals surface area contributed by atoms with E-state index in [2.05, 4.69) is 10.0 Å². The van der Waals surface area contributed by atoms with Crippen molar-refractivity contribution in [3.05, 3.63) is 35.9 Å². The number of aryl methyl sites for hydroxylation is 1. The summed E-state index contributed by atoms with van der Waals surface area (Å²) in [6.45, 7) is 4.85. The first kappa shape index (κ1) is 38.5. The van der Waals surface area contributed by atoms with E-state index in [9.17, 15) is 27.6 Å². The number of aromatic nitrogens is 1. The zero-order chi connectivity index (χ0) is 39.4. The molecule has 15 heteroatoms. The molecule has 56 heavy (non-hydrogen) atoms. The van der Waals surface area contributed by atoms with Gasteiger partial charge in [0.15, 0.2) is 5.78 Å². The van der Waals surface area contributed by atoms with Gasteiger partial charge in [0, 0.05) is 42.9 Å². The van der Waals surface area contributed by atoms with E-state index in [1.165, 1.54) is 4.90 Å². The number of hydrogen-bond acceptors (Lipinski definition) is 10. The lowest BCUT2D eigenvalue weighted by Crippen LogP contribution is -2.56. The molecule has 5 atom stereocenters. The summed E-state index contributed by atoms with van der Waals surface area (Å²) in [6.07, 6.45) is 10.9. The van der Waals surface area contributed by atoms with E-state index in [1.54, 1.807) is 25.0 Å². The van der Waals surface area contributed by atoms with Crippen LogP contribution in [0, 0.1) is 18.3 Å². The molecule has 2 N–H and O–H groups in total. The van der Waals surface area contributed by atoms with E-state index in [0.29, 0.717) is 68.1 Å². The first-order valence-electron chi connectivity index (χ1n) is 20.2. The lowest BCUT2D eigenvalue weighted by atomic mass is 9.91. The first-order chi connectivity index (χ1) is 26.8. The number of amides is 4. The van der Waals surface area contributed by atoms with Gasteiger partial charge in [-0.2, -0.15) is 0 Å². The third-order valence-corrected chi connectivity index (χ3v) is 14.9. The largest absolute Gasteiger partial charge is 0.496 e. The Morgan fingerprint density at radius 3 is 2.46 bits per heavy atom. The molecule has 1 aromatic heterocycles. The number of hydrogen-bond donors (Lipinski definition) is 2. The maximum Gasteiger partial charge on any atom is 0.318 e. The van der Waals surface area contributed by atoms with Crippen LogP contribution in [0.3, 0.4) is 0 Å². The fourth-order valence-electron chi connectivity index (χ4n) is 8.32. The molecule has 14 nitrogen and oxygen atoms in total. The van der Waals surface area contributed by atoms with Crippen LogP contribution in [0.4, 0.5) is 4.79 Å². The van der Waals surface area contributed by atoms with Gasteiger partial charge in [0.2, 0.25) is 27.7 Å². The molecule has 4 amide bonds. The number of Topliss-reactive ketones (excluding diaryl/α,β-unsaturated/α-hetero) is 1. The number of urea groups is 1. The number of rotatable bonds is 9. The first-order valence-corrected chi connectivity index (χ1v) is 21.7. The van der Waals surface area contributed by atoms with Crippen LogP contribution in [-0.4, -0.2) is 103 Å². The number of nitrogens with one attached hydrogen (secondary N) is 2. The van der Waals surface area contributed by atoms with Crippen molar-refractivity contribution in [2.45, 2.75) is 126 Å². The zero-order valence-corrected chi connectivity index (χ0v) is 33.3. The number of nitrogens with zero attached hydrogens (tertiary/aromatic N) is 3. The molecule has 6 aliphatic rings. The summed E-state index contributed by atoms with van der Waals surface area (Å²) in [5.74, 6) is -0.120. The van der Waals surface area contributed by atoms with Crippen molar-refractivity contribution < 1.29 is 41.8 Å². The highest BCUT2D eigenvalue weighted by atomic mass is 32.2. The molecule has 302 valence electrons. The molecule has 1 aromatic carbocycles. The van der Waals surface area contributed by atoms with E-state index in [0.717, 1.165) is 49.5 Å². The normalized spacial score (nSPS) is 29.5. The Balaban J connectivity index is 1.11. The van der Waals surface area contributed by atoms with E-state index in [1.807, 2.05) is 31.2 Å². The lowest BCUT2D eigenvalue weighted by Gasteiger charge is -2.34. The highest BCUT2D eigenvalue weighted by Gasteiger charge is 2.62. The number of ether oxygens (including phenoxy) is 3. The summed E-state index contributed by atoms with van der Waals surface area (Å²) in [6, 6.07) is 3.34. The minimum absolute atomic E-state index is 0.0678. The average Bonchev–Trinajstić information content (AvgIpc) is 4.09. The molecule has 0 bridgehead atoms. The summed E-state index contributed by atoms with van der Waals surface area (Å²) < 4.78 is 46.2. The van der Waals surface area contributed by atoms with Crippen molar-refractivity contribution in [1.82, 2.24) is 24.8 Å². The third-order valence-electron chi connectivity index (χ3n) is 12.7. The van der Waals surface area contributed by atoms with Crippen molar-refractivity contribution in [2.75, 3.05) is 26.7 Å². The fourth-order valence-corrected chi connectivity index (χ4v) is 9.65. The number of carbonyl (C=O) groups is 4. The SMILES string of the molecule is COc1ccc2c(O[C@@H]3C[C@H]4C(=O)C[C@]5(C(=O)NS(=O)(=O)C6(C)CC6)C[C@@H]5/C=C\CCCCC[C@H](NC(=O)N5CCC5)C(=O)N4C3)cc(OC3CC3)nc2c1C. The Bertz CT molecular complexity index is 2060. The van der Waals surface area contributed by atoms with Crippen molar-refractivity contribution in [1.29, 1.82) is 0 Å². The number of fused-ring (bicyclic) bond motifs is 3. The Kier molecular flexibility index (Phi) is 10.2. The molecule has 3 saturated carbocycles. The van der Waals surface area contributed by atoms with Gasteiger partial charge < -0.3 is 29.3 Å². The molecule has 2 saturated heterocycles. The summed E-state index contributed by atoms with van der Waals surface area (Å²) in [5, 5.41) is 3.70. The summed E-state index contributed by atoms with van der Waals surface area (Å²) >= 11 is 0. The molecule has 3 aliphatic carbocycles. The number of carbonyl (C=O) groups excluding carboxylic acids is 4. The third kappa shape index (κ3) is 7.55. The highest BCUT2D eigenvalue weighted by Crippen LogP contribution is 2.57. The number of sulfonamides is 1. The second-order valence-corrected chi connectivity index (χ2v) is 19.1. The molecule has 0 spiro atoms. The van der Waals surface area contributed by atoms with Gasteiger partial charge in [-0.05, 0) is 89.7 Å².